The van der Waals surface area contributed by atoms with Crippen LogP contribution < -0.4 is 5.73 Å². The van der Waals surface area contributed by atoms with Gasteiger partial charge in [-0.25, -0.2) is 4.39 Å². The molecule has 0 bridgehead atoms. The summed E-state index contributed by atoms with van der Waals surface area (Å²) < 4.78 is 13.7. The summed E-state index contributed by atoms with van der Waals surface area (Å²) in [6, 6.07) is 4.91. The Morgan fingerprint density at radius 2 is 2.31 bits per heavy atom. The van der Waals surface area contributed by atoms with E-state index in [9.17, 15) is 4.39 Å². The second-order valence-electron chi connectivity index (χ2n) is 2.80. The first kappa shape index (κ1) is 10.7. The third-order valence-corrected chi connectivity index (χ3v) is 2.67. The van der Waals surface area contributed by atoms with Crippen LogP contribution in [0.3, 0.4) is 0 Å². The van der Waals surface area contributed by atoms with Gasteiger partial charge in [0.1, 0.15) is 5.82 Å². The Hall–Kier alpha value is -0.420. The normalized spacial score (nSPS) is 12.5. The molecule has 0 heterocycles. The van der Waals surface area contributed by atoms with Crippen molar-refractivity contribution in [3.8, 4) is 0 Å². The van der Waals surface area contributed by atoms with Crippen LogP contribution in [0.4, 0.5) is 4.39 Å². The highest BCUT2D eigenvalue weighted by Gasteiger charge is 2.06. The summed E-state index contributed by atoms with van der Waals surface area (Å²) in [6.45, 7) is 3.59. The van der Waals surface area contributed by atoms with Crippen molar-refractivity contribution < 1.29 is 4.39 Å². The molecular weight excluding hydrogens is 280 g/mol. The maximum atomic E-state index is 13.1. The summed E-state index contributed by atoms with van der Waals surface area (Å²) in [5.74, 6) is -0.211. The van der Waals surface area contributed by atoms with Gasteiger partial charge in [0.2, 0.25) is 0 Å². The van der Waals surface area contributed by atoms with Crippen molar-refractivity contribution in [1.82, 2.24) is 0 Å². The SMILES string of the molecule is C=CC[C@@H](N)c1ccc(I)c(F)c1. The van der Waals surface area contributed by atoms with Crippen molar-refractivity contribution in [2.45, 2.75) is 12.5 Å². The Morgan fingerprint density at radius 1 is 1.62 bits per heavy atom. The van der Waals surface area contributed by atoms with Gasteiger partial charge in [0.15, 0.2) is 0 Å². The minimum absolute atomic E-state index is 0.149. The van der Waals surface area contributed by atoms with E-state index in [4.69, 9.17) is 5.73 Å². The van der Waals surface area contributed by atoms with Crippen LogP contribution in [-0.2, 0) is 0 Å². The molecule has 1 nitrogen and oxygen atoms in total. The molecule has 1 aromatic rings. The lowest BCUT2D eigenvalue weighted by atomic mass is 10.1. The number of rotatable bonds is 3. The second-order valence-corrected chi connectivity index (χ2v) is 3.97. The molecule has 1 aromatic carbocycles. The zero-order valence-electron chi connectivity index (χ0n) is 7.13. The topological polar surface area (TPSA) is 26.0 Å². The summed E-state index contributed by atoms with van der Waals surface area (Å²) in [4.78, 5) is 0. The average molecular weight is 291 g/mol. The molecule has 3 heteroatoms. The van der Waals surface area contributed by atoms with Crippen LogP contribution >= 0.6 is 22.6 Å². The summed E-state index contributed by atoms with van der Waals surface area (Å²) in [6.07, 6.45) is 2.40. The standard InChI is InChI=1S/C10H11FIN/c1-2-3-10(13)7-4-5-9(12)8(11)6-7/h2,4-6,10H,1,3,13H2/t10-/m1/s1. The summed E-state index contributed by atoms with van der Waals surface area (Å²) in [5, 5.41) is 0. The van der Waals surface area contributed by atoms with E-state index < -0.39 is 0 Å². The van der Waals surface area contributed by atoms with Crippen LogP contribution in [0.15, 0.2) is 30.9 Å². The van der Waals surface area contributed by atoms with Crippen molar-refractivity contribution in [2.24, 2.45) is 5.73 Å². The van der Waals surface area contributed by atoms with Gasteiger partial charge in [-0.3, -0.25) is 0 Å². The zero-order chi connectivity index (χ0) is 9.84. The molecular formula is C10H11FIN. The molecule has 0 aromatic heterocycles. The smallest absolute Gasteiger partial charge is 0.136 e. The van der Waals surface area contributed by atoms with Crippen LogP contribution in [0.2, 0.25) is 0 Å². The lowest BCUT2D eigenvalue weighted by Crippen LogP contribution is -2.09. The van der Waals surface area contributed by atoms with E-state index in [-0.39, 0.29) is 11.9 Å². The fraction of sp³-hybridized carbons (Fsp3) is 0.200. The van der Waals surface area contributed by atoms with Gasteiger partial charge in [-0.05, 0) is 46.7 Å². The third kappa shape index (κ3) is 2.77. The summed E-state index contributed by atoms with van der Waals surface area (Å²) >= 11 is 1.95. The van der Waals surface area contributed by atoms with Crippen LogP contribution in [-0.4, -0.2) is 0 Å². The molecule has 0 saturated carbocycles. The predicted octanol–water partition coefficient (Wildman–Crippen LogP) is 3.01. The lowest BCUT2D eigenvalue weighted by Gasteiger charge is -2.09. The maximum Gasteiger partial charge on any atom is 0.136 e. The van der Waals surface area contributed by atoms with Gasteiger partial charge in [-0.1, -0.05) is 12.1 Å². The van der Waals surface area contributed by atoms with E-state index in [1.165, 1.54) is 6.07 Å². The van der Waals surface area contributed by atoms with Crippen molar-refractivity contribution in [1.29, 1.82) is 0 Å². The molecule has 0 unspecified atom stereocenters. The number of benzene rings is 1. The van der Waals surface area contributed by atoms with Gasteiger partial charge in [0.25, 0.3) is 0 Å². The van der Waals surface area contributed by atoms with Gasteiger partial charge in [-0.2, -0.15) is 0 Å². The number of hydrogen-bond acceptors (Lipinski definition) is 1. The Bertz CT molecular complexity index is 312. The molecule has 0 spiro atoms. The third-order valence-electron chi connectivity index (χ3n) is 1.79. The average Bonchev–Trinajstić information content (AvgIpc) is 2.10. The van der Waals surface area contributed by atoms with E-state index >= 15 is 0 Å². The van der Waals surface area contributed by atoms with Gasteiger partial charge < -0.3 is 5.73 Å². The van der Waals surface area contributed by atoms with Crippen LogP contribution in [0, 0.1) is 9.39 Å². The van der Waals surface area contributed by atoms with E-state index in [0.29, 0.717) is 9.99 Å². The second kappa shape index (κ2) is 4.72. The van der Waals surface area contributed by atoms with E-state index in [1.807, 2.05) is 28.7 Å². The van der Waals surface area contributed by atoms with Gasteiger partial charge in [0, 0.05) is 9.61 Å². The molecule has 70 valence electrons. The number of nitrogens with two attached hydrogens (primary N) is 1. The monoisotopic (exact) mass is 291 g/mol. The quantitative estimate of drug-likeness (QED) is 0.672. The van der Waals surface area contributed by atoms with Gasteiger partial charge >= 0.3 is 0 Å². The van der Waals surface area contributed by atoms with Crippen LogP contribution in [0.5, 0.6) is 0 Å². The minimum Gasteiger partial charge on any atom is -0.324 e. The first-order chi connectivity index (χ1) is 6.15. The van der Waals surface area contributed by atoms with E-state index in [1.54, 1.807) is 12.1 Å². The highest BCUT2D eigenvalue weighted by atomic mass is 127. The van der Waals surface area contributed by atoms with E-state index in [0.717, 1.165) is 5.56 Å². The van der Waals surface area contributed by atoms with Crippen molar-refractivity contribution in [3.05, 3.63) is 45.8 Å². The number of hydrogen-bond donors (Lipinski definition) is 1. The lowest BCUT2D eigenvalue weighted by molar-refractivity contribution is 0.612. The van der Waals surface area contributed by atoms with Gasteiger partial charge in [0.05, 0.1) is 0 Å². The molecule has 1 atom stereocenters. The van der Waals surface area contributed by atoms with Gasteiger partial charge in [-0.15, -0.1) is 6.58 Å². The molecule has 1 rings (SSSR count). The first-order valence-corrected chi connectivity index (χ1v) is 5.04. The largest absolute Gasteiger partial charge is 0.324 e. The Balaban J connectivity index is 2.89. The van der Waals surface area contributed by atoms with E-state index in [2.05, 4.69) is 6.58 Å². The Kier molecular flexibility index (Phi) is 3.87. The van der Waals surface area contributed by atoms with Crippen molar-refractivity contribution in [3.63, 3.8) is 0 Å². The molecule has 0 radical (unpaired) electrons. The van der Waals surface area contributed by atoms with Crippen LogP contribution in [0.1, 0.15) is 18.0 Å². The van der Waals surface area contributed by atoms with Crippen molar-refractivity contribution in [2.75, 3.05) is 0 Å². The molecule has 0 aliphatic rings. The molecule has 0 fully saturated rings. The Labute approximate surface area is 91.0 Å². The highest BCUT2D eigenvalue weighted by molar-refractivity contribution is 14.1. The summed E-state index contributed by atoms with van der Waals surface area (Å²) in [7, 11) is 0. The molecule has 13 heavy (non-hydrogen) atoms. The highest BCUT2D eigenvalue weighted by Crippen LogP contribution is 2.18. The van der Waals surface area contributed by atoms with Crippen molar-refractivity contribution >= 4 is 22.6 Å². The Morgan fingerprint density at radius 3 is 2.85 bits per heavy atom. The molecule has 0 aliphatic heterocycles. The molecule has 0 amide bonds. The molecule has 0 saturated heterocycles. The fourth-order valence-corrected chi connectivity index (χ4v) is 1.39. The predicted molar refractivity (Wildman–Crippen MR) is 60.9 cm³/mol. The summed E-state index contributed by atoms with van der Waals surface area (Å²) in [5.41, 5.74) is 6.60. The maximum absolute atomic E-state index is 13.1. The minimum atomic E-state index is -0.211. The number of halogens is 2. The first-order valence-electron chi connectivity index (χ1n) is 3.96. The molecule has 0 aliphatic carbocycles. The molecule has 2 N–H and O–H groups in total. The fourth-order valence-electron chi connectivity index (χ4n) is 1.06. The zero-order valence-corrected chi connectivity index (χ0v) is 9.29. The van der Waals surface area contributed by atoms with Crippen LogP contribution in [0.25, 0.3) is 0 Å².